The van der Waals surface area contributed by atoms with Gasteiger partial charge in [-0.3, -0.25) is 14.2 Å². The predicted octanol–water partition coefficient (Wildman–Crippen LogP) is 5.06. The maximum absolute atomic E-state index is 13.3. The zero-order valence-electron chi connectivity index (χ0n) is 17.1. The number of benzene rings is 2. The average molecular weight is 511 g/mol. The van der Waals surface area contributed by atoms with Gasteiger partial charge in [-0.2, -0.15) is 13.2 Å². The zero-order valence-corrected chi connectivity index (χ0v) is 18.7. The molecule has 2 unspecified atom stereocenters. The second-order valence-electron chi connectivity index (χ2n) is 6.93. The number of hydrogen-bond acceptors (Lipinski definition) is 4. The smallest absolute Gasteiger partial charge is 0.406 e. The van der Waals surface area contributed by atoms with Crippen LogP contribution in [0.5, 0.6) is 0 Å². The molecule has 182 valence electrons. The Morgan fingerprint density at radius 2 is 1.94 bits per heavy atom. The van der Waals surface area contributed by atoms with Crippen LogP contribution in [0.25, 0.3) is 0 Å². The molecule has 33 heavy (non-hydrogen) atoms. The molecule has 2 amide bonds. The minimum atomic E-state index is -4.63. The van der Waals surface area contributed by atoms with E-state index in [1.807, 2.05) is 0 Å². The van der Waals surface area contributed by atoms with E-state index in [2.05, 4.69) is 10.5 Å². The maximum atomic E-state index is 13.3. The van der Waals surface area contributed by atoms with Gasteiger partial charge in [-0.05, 0) is 43.5 Å². The number of ether oxygens (including phenoxy) is 1. The standard InChI is InChI=1S/C20H19ClF4N2O2.H3NO2S/c21-15-11-13(8-9-16(15)22)26-19(28)27(12-20(23,24)25)17-6-2-1-5-14(17)18-7-3-4-10-29-18;1-4(2)3/h1-2,5-6,8-9,11,18H,3-4,7,10,12H2,(H,26,28);1H2,(H,2,3)/p-1. The van der Waals surface area contributed by atoms with Crippen molar-refractivity contribution < 1.29 is 35.9 Å². The minimum Gasteiger partial charge on any atom is -0.760 e. The van der Waals surface area contributed by atoms with Crippen LogP contribution >= 0.6 is 11.6 Å². The highest BCUT2D eigenvalue weighted by atomic mass is 35.5. The molecule has 2 aromatic carbocycles. The molecule has 3 rings (SSSR count). The summed E-state index contributed by atoms with van der Waals surface area (Å²) in [6.45, 7) is -0.976. The lowest BCUT2D eigenvalue weighted by atomic mass is 9.99. The van der Waals surface area contributed by atoms with E-state index in [1.54, 1.807) is 18.2 Å². The van der Waals surface area contributed by atoms with Gasteiger partial charge in [0.2, 0.25) is 0 Å². The number of nitrogens with one attached hydrogen (secondary N) is 1. The lowest BCUT2D eigenvalue weighted by Crippen LogP contribution is -2.42. The molecular formula is C20H21ClF4N3O4S-. The summed E-state index contributed by atoms with van der Waals surface area (Å²) < 4.78 is 76.4. The molecule has 7 nitrogen and oxygen atoms in total. The lowest BCUT2D eigenvalue weighted by Gasteiger charge is -2.30. The van der Waals surface area contributed by atoms with Gasteiger partial charge in [0.15, 0.2) is 0 Å². The predicted molar refractivity (Wildman–Crippen MR) is 116 cm³/mol. The van der Waals surface area contributed by atoms with Crippen molar-refractivity contribution in [1.82, 2.24) is 0 Å². The molecule has 1 aliphatic heterocycles. The fourth-order valence-electron chi connectivity index (χ4n) is 3.20. The van der Waals surface area contributed by atoms with Gasteiger partial charge in [-0.1, -0.05) is 29.8 Å². The van der Waals surface area contributed by atoms with Crippen LogP contribution in [0.15, 0.2) is 42.5 Å². The molecule has 1 heterocycles. The quantitative estimate of drug-likeness (QED) is 0.442. The number of hydrogen-bond donors (Lipinski definition) is 2. The average Bonchev–Trinajstić information content (AvgIpc) is 2.74. The van der Waals surface area contributed by atoms with Crippen molar-refractivity contribution in [2.24, 2.45) is 5.14 Å². The Hall–Kier alpha value is -2.25. The van der Waals surface area contributed by atoms with Crippen LogP contribution in [-0.4, -0.2) is 34.1 Å². The SMILES string of the molecule is NS(=O)[O-].O=C(Nc1ccc(F)c(Cl)c1)N(CC(F)(F)F)c1ccccc1C1CCCCO1. The van der Waals surface area contributed by atoms with Crippen LogP contribution < -0.4 is 15.4 Å². The Morgan fingerprint density at radius 3 is 2.52 bits per heavy atom. The van der Waals surface area contributed by atoms with Crippen LogP contribution in [0.4, 0.5) is 33.7 Å². The van der Waals surface area contributed by atoms with Crippen LogP contribution in [0.1, 0.15) is 30.9 Å². The van der Waals surface area contributed by atoms with E-state index in [4.69, 9.17) is 25.1 Å². The molecule has 0 saturated carbocycles. The van der Waals surface area contributed by atoms with Crippen molar-refractivity contribution in [2.75, 3.05) is 23.4 Å². The fourth-order valence-corrected chi connectivity index (χ4v) is 3.38. The van der Waals surface area contributed by atoms with Crippen molar-refractivity contribution >= 4 is 40.3 Å². The summed E-state index contributed by atoms with van der Waals surface area (Å²) in [5, 5.41) is 6.14. The molecular weight excluding hydrogens is 490 g/mol. The van der Waals surface area contributed by atoms with E-state index >= 15 is 0 Å². The van der Waals surface area contributed by atoms with Crippen molar-refractivity contribution in [3.63, 3.8) is 0 Å². The first-order valence-corrected chi connectivity index (χ1v) is 11.1. The van der Waals surface area contributed by atoms with Gasteiger partial charge in [-0.15, -0.1) is 0 Å². The third-order valence-electron chi connectivity index (χ3n) is 4.51. The van der Waals surface area contributed by atoms with Gasteiger partial charge in [0.25, 0.3) is 0 Å². The summed E-state index contributed by atoms with van der Waals surface area (Å²) in [6, 6.07) is 8.75. The minimum absolute atomic E-state index is 0.0833. The van der Waals surface area contributed by atoms with E-state index in [0.29, 0.717) is 23.5 Å². The first-order chi connectivity index (χ1) is 15.5. The van der Waals surface area contributed by atoms with Gasteiger partial charge >= 0.3 is 12.2 Å². The van der Waals surface area contributed by atoms with E-state index < -0.39 is 35.8 Å². The summed E-state index contributed by atoms with van der Waals surface area (Å²) >= 11 is 3.33. The number of urea groups is 1. The van der Waals surface area contributed by atoms with Crippen molar-refractivity contribution in [1.29, 1.82) is 0 Å². The van der Waals surface area contributed by atoms with Crippen LogP contribution in [0.2, 0.25) is 5.02 Å². The molecule has 0 spiro atoms. The Bertz CT molecular complexity index is 971. The molecule has 0 radical (unpaired) electrons. The first-order valence-electron chi connectivity index (χ1n) is 9.62. The molecule has 2 atom stereocenters. The largest absolute Gasteiger partial charge is 0.760 e. The molecule has 3 N–H and O–H groups in total. The number of alkyl halides is 3. The van der Waals surface area contributed by atoms with Crippen LogP contribution in [0.3, 0.4) is 0 Å². The number of halogens is 5. The van der Waals surface area contributed by atoms with Gasteiger partial charge in [0, 0.05) is 29.1 Å². The first kappa shape index (κ1) is 27.0. The number of carbonyl (C=O) groups is 1. The monoisotopic (exact) mass is 510 g/mol. The Kier molecular flexibility index (Phi) is 10.0. The zero-order chi connectivity index (χ0) is 24.6. The van der Waals surface area contributed by atoms with Crippen LogP contribution in [0, 0.1) is 5.82 Å². The van der Waals surface area contributed by atoms with Gasteiger partial charge < -0.3 is 14.6 Å². The Morgan fingerprint density at radius 1 is 1.27 bits per heavy atom. The third-order valence-corrected chi connectivity index (χ3v) is 4.80. The second-order valence-corrected chi connectivity index (χ2v) is 7.86. The number of anilines is 2. The van der Waals surface area contributed by atoms with Crippen molar-refractivity contribution in [3.05, 3.63) is 58.9 Å². The van der Waals surface area contributed by atoms with Gasteiger partial charge in [0.05, 0.1) is 16.8 Å². The summed E-state index contributed by atoms with van der Waals surface area (Å²) in [4.78, 5) is 13.4. The highest BCUT2D eigenvalue weighted by Crippen LogP contribution is 2.36. The van der Waals surface area contributed by atoms with E-state index in [0.717, 1.165) is 25.0 Å². The highest BCUT2D eigenvalue weighted by molar-refractivity contribution is 7.76. The Labute approximate surface area is 195 Å². The maximum Gasteiger partial charge on any atom is 0.406 e. The lowest BCUT2D eigenvalue weighted by molar-refractivity contribution is -0.118. The van der Waals surface area contributed by atoms with E-state index in [9.17, 15) is 22.4 Å². The topological polar surface area (TPSA) is 108 Å². The van der Waals surface area contributed by atoms with Gasteiger partial charge in [0.1, 0.15) is 12.4 Å². The van der Waals surface area contributed by atoms with Gasteiger partial charge in [-0.25, -0.2) is 9.18 Å². The summed E-state index contributed by atoms with van der Waals surface area (Å²) in [7, 11) is 0. The molecule has 2 aromatic rings. The Balaban J connectivity index is 0.000000890. The van der Waals surface area contributed by atoms with Crippen LogP contribution in [-0.2, 0) is 16.0 Å². The summed E-state index contributed by atoms with van der Waals surface area (Å²) in [6.07, 6.45) is -2.58. The number of carbonyl (C=O) groups excluding carboxylic acids is 1. The number of nitrogens with zero attached hydrogens (tertiary/aromatic N) is 1. The number of nitrogens with two attached hydrogens (primary N) is 1. The van der Waals surface area contributed by atoms with E-state index in [1.165, 1.54) is 12.1 Å². The van der Waals surface area contributed by atoms with Crippen molar-refractivity contribution in [2.45, 2.75) is 31.5 Å². The fraction of sp³-hybridized carbons (Fsp3) is 0.350. The van der Waals surface area contributed by atoms with Crippen molar-refractivity contribution in [3.8, 4) is 0 Å². The molecule has 0 bridgehead atoms. The normalized spacial score (nSPS) is 16.9. The van der Waals surface area contributed by atoms with E-state index in [-0.39, 0.29) is 22.5 Å². The molecule has 1 saturated heterocycles. The molecule has 1 fully saturated rings. The number of rotatable bonds is 4. The summed E-state index contributed by atoms with van der Waals surface area (Å²) in [5.74, 6) is -0.698. The second kappa shape index (κ2) is 12.3. The summed E-state index contributed by atoms with van der Waals surface area (Å²) in [5.41, 5.74) is 0.714. The molecule has 0 aliphatic carbocycles. The third kappa shape index (κ3) is 8.89. The molecule has 0 aromatic heterocycles. The number of amides is 2. The molecule has 13 heteroatoms. The molecule has 1 aliphatic rings. The highest BCUT2D eigenvalue weighted by Gasteiger charge is 2.35. The number of para-hydroxylation sites is 1.